The van der Waals surface area contributed by atoms with Crippen molar-refractivity contribution in [1.82, 2.24) is 5.32 Å². The second kappa shape index (κ2) is 8.08. The summed E-state index contributed by atoms with van der Waals surface area (Å²) in [5, 5.41) is 2.71. The summed E-state index contributed by atoms with van der Waals surface area (Å²) < 4.78 is 15.7. The summed E-state index contributed by atoms with van der Waals surface area (Å²) in [5.41, 5.74) is 11.1. The Kier molecular flexibility index (Phi) is 6.46. The average molecular weight is 311 g/mol. The zero-order chi connectivity index (χ0) is 16.7. The molecule has 0 aromatic heterocycles. The van der Waals surface area contributed by atoms with E-state index in [1.165, 1.54) is 21.3 Å². The van der Waals surface area contributed by atoms with Crippen molar-refractivity contribution in [3.05, 3.63) is 17.7 Å². The van der Waals surface area contributed by atoms with Gasteiger partial charge in [0, 0.05) is 0 Å². The molecule has 0 aliphatic carbocycles. The number of carbonyl (C=O) groups excluding carboxylic acids is 2. The monoisotopic (exact) mass is 311 g/mol. The molecule has 8 heteroatoms. The van der Waals surface area contributed by atoms with Gasteiger partial charge >= 0.3 is 0 Å². The second-order valence-electron chi connectivity index (χ2n) is 4.54. The normalized spacial score (nSPS) is 11.6. The van der Waals surface area contributed by atoms with Gasteiger partial charge in [-0.05, 0) is 24.1 Å². The summed E-state index contributed by atoms with van der Waals surface area (Å²) in [6.07, 6.45) is 0.249. The van der Waals surface area contributed by atoms with Gasteiger partial charge in [-0.2, -0.15) is 0 Å². The molecule has 8 nitrogen and oxygen atoms in total. The average Bonchev–Trinajstić information content (AvgIpc) is 2.49. The minimum atomic E-state index is -0.740. The van der Waals surface area contributed by atoms with Crippen molar-refractivity contribution in [2.24, 2.45) is 11.5 Å². The molecule has 5 N–H and O–H groups in total. The van der Waals surface area contributed by atoms with E-state index in [-0.39, 0.29) is 13.0 Å². The van der Waals surface area contributed by atoms with Gasteiger partial charge < -0.3 is 25.7 Å². The lowest BCUT2D eigenvalue weighted by Gasteiger charge is -2.17. The highest BCUT2D eigenvalue weighted by Gasteiger charge is 2.19. The van der Waals surface area contributed by atoms with Gasteiger partial charge in [-0.25, -0.2) is 0 Å². The summed E-state index contributed by atoms with van der Waals surface area (Å²) in [4.78, 5) is 22.3. The molecule has 0 saturated carbocycles. The van der Waals surface area contributed by atoms with E-state index in [0.717, 1.165) is 5.56 Å². The largest absolute Gasteiger partial charge is 0.493 e. The maximum absolute atomic E-state index is 11.5. The number of ether oxygens (including phenoxy) is 3. The van der Waals surface area contributed by atoms with Gasteiger partial charge in [0.1, 0.15) is 0 Å². The number of carbonyl (C=O) groups is 2. The highest BCUT2D eigenvalue weighted by atomic mass is 16.5. The lowest BCUT2D eigenvalue weighted by atomic mass is 10.0. The number of nitrogens with one attached hydrogen (secondary N) is 1. The van der Waals surface area contributed by atoms with Gasteiger partial charge in [-0.3, -0.25) is 14.9 Å². The Morgan fingerprint density at radius 3 is 2.00 bits per heavy atom. The predicted molar refractivity (Wildman–Crippen MR) is 80.0 cm³/mol. The molecule has 1 aromatic rings. The van der Waals surface area contributed by atoms with E-state index in [9.17, 15) is 9.59 Å². The van der Waals surface area contributed by atoms with E-state index in [2.05, 4.69) is 5.32 Å². The number of hydrogen-bond acceptors (Lipinski definition) is 6. The van der Waals surface area contributed by atoms with Crippen molar-refractivity contribution >= 4 is 11.8 Å². The van der Waals surface area contributed by atoms with Gasteiger partial charge in [0.25, 0.3) is 0 Å². The highest BCUT2D eigenvalue weighted by Crippen LogP contribution is 2.38. The number of hydrogen-bond donors (Lipinski definition) is 3. The molecular weight excluding hydrogens is 290 g/mol. The smallest absolute Gasteiger partial charge is 0.234 e. The number of amides is 2. The molecule has 0 fully saturated rings. The van der Waals surface area contributed by atoms with Crippen LogP contribution >= 0.6 is 0 Å². The third-order valence-electron chi connectivity index (χ3n) is 3.03. The SMILES string of the molecule is COc1cc(CC(NCC(N)=O)C(N)=O)cc(OC)c1OC. The zero-order valence-corrected chi connectivity index (χ0v) is 12.8. The molecule has 0 radical (unpaired) electrons. The molecule has 1 aromatic carbocycles. The predicted octanol–water partition coefficient (Wildman–Crippen LogP) is -0.816. The molecule has 1 rings (SSSR count). The molecule has 0 spiro atoms. The van der Waals surface area contributed by atoms with Crippen molar-refractivity contribution in [1.29, 1.82) is 0 Å². The maximum Gasteiger partial charge on any atom is 0.234 e. The molecule has 22 heavy (non-hydrogen) atoms. The van der Waals surface area contributed by atoms with E-state index < -0.39 is 17.9 Å². The van der Waals surface area contributed by atoms with Crippen LogP contribution < -0.4 is 31.0 Å². The van der Waals surface area contributed by atoms with Crippen LogP contribution in [0.15, 0.2) is 12.1 Å². The Hall–Kier alpha value is -2.48. The Bertz CT molecular complexity index is 522. The standard InChI is InChI=1S/C14H21N3O5/c1-20-10-5-8(6-11(21-2)13(10)22-3)4-9(14(16)19)17-7-12(15)18/h5-6,9,17H,4,7H2,1-3H3,(H2,15,18)(H2,16,19). The molecule has 0 heterocycles. The van der Waals surface area contributed by atoms with E-state index in [0.29, 0.717) is 17.2 Å². The fraction of sp³-hybridized carbons (Fsp3) is 0.429. The summed E-state index contributed by atoms with van der Waals surface area (Å²) in [5.74, 6) is 0.227. The number of nitrogens with two attached hydrogens (primary N) is 2. The Morgan fingerprint density at radius 1 is 1.09 bits per heavy atom. The van der Waals surface area contributed by atoms with Crippen LogP contribution in [0.1, 0.15) is 5.56 Å². The van der Waals surface area contributed by atoms with Crippen LogP contribution in [-0.2, 0) is 16.0 Å². The summed E-state index contributed by atoms with van der Waals surface area (Å²) >= 11 is 0. The summed E-state index contributed by atoms with van der Waals surface area (Å²) in [6.45, 7) is -0.141. The van der Waals surface area contributed by atoms with Crippen LogP contribution in [0.4, 0.5) is 0 Å². The van der Waals surface area contributed by atoms with Crippen molar-refractivity contribution in [2.75, 3.05) is 27.9 Å². The minimum Gasteiger partial charge on any atom is -0.493 e. The van der Waals surface area contributed by atoms with Crippen molar-refractivity contribution < 1.29 is 23.8 Å². The fourth-order valence-electron chi connectivity index (χ4n) is 1.99. The molecular formula is C14H21N3O5. The van der Waals surface area contributed by atoms with E-state index in [4.69, 9.17) is 25.7 Å². The molecule has 1 atom stereocenters. The quantitative estimate of drug-likeness (QED) is 0.547. The van der Waals surface area contributed by atoms with Crippen molar-refractivity contribution in [3.8, 4) is 17.2 Å². The summed E-state index contributed by atoms with van der Waals surface area (Å²) in [6, 6.07) is 2.68. The second-order valence-corrected chi connectivity index (χ2v) is 4.54. The lowest BCUT2D eigenvalue weighted by Crippen LogP contribution is -2.46. The van der Waals surface area contributed by atoms with Crippen LogP contribution in [0.25, 0.3) is 0 Å². The fourth-order valence-corrected chi connectivity index (χ4v) is 1.99. The van der Waals surface area contributed by atoms with Gasteiger partial charge in [0.2, 0.25) is 17.6 Å². The first-order chi connectivity index (χ1) is 10.4. The van der Waals surface area contributed by atoms with Gasteiger partial charge in [-0.1, -0.05) is 0 Å². The third kappa shape index (κ3) is 4.52. The molecule has 0 aliphatic rings. The highest BCUT2D eigenvalue weighted by molar-refractivity contribution is 5.82. The maximum atomic E-state index is 11.5. The van der Waals surface area contributed by atoms with Gasteiger partial charge in [-0.15, -0.1) is 0 Å². The van der Waals surface area contributed by atoms with E-state index >= 15 is 0 Å². The molecule has 0 aliphatic heterocycles. The number of benzene rings is 1. The first-order valence-electron chi connectivity index (χ1n) is 6.52. The van der Waals surface area contributed by atoms with Crippen LogP contribution in [-0.4, -0.2) is 45.7 Å². The van der Waals surface area contributed by atoms with Gasteiger partial charge in [0.05, 0.1) is 33.9 Å². The molecule has 0 bridgehead atoms. The van der Waals surface area contributed by atoms with E-state index in [1.54, 1.807) is 12.1 Å². The van der Waals surface area contributed by atoms with Crippen LogP contribution in [0.5, 0.6) is 17.2 Å². The molecule has 0 saturated heterocycles. The molecule has 1 unspecified atom stereocenters. The number of rotatable bonds is 9. The van der Waals surface area contributed by atoms with Crippen LogP contribution in [0.3, 0.4) is 0 Å². The molecule has 2 amide bonds. The third-order valence-corrected chi connectivity index (χ3v) is 3.03. The minimum absolute atomic E-state index is 0.141. The van der Waals surface area contributed by atoms with Crippen molar-refractivity contribution in [3.63, 3.8) is 0 Å². The zero-order valence-electron chi connectivity index (χ0n) is 12.8. The first-order valence-corrected chi connectivity index (χ1v) is 6.52. The van der Waals surface area contributed by atoms with Crippen LogP contribution in [0.2, 0.25) is 0 Å². The summed E-state index contributed by atoms with van der Waals surface area (Å²) in [7, 11) is 4.50. The topological polar surface area (TPSA) is 126 Å². The van der Waals surface area contributed by atoms with E-state index in [1.807, 2.05) is 0 Å². The Morgan fingerprint density at radius 2 is 1.64 bits per heavy atom. The first kappa shape index (κ1) is 17.6. The Balaban J connectivity index is 3.03. The number of methoxy groups -OCH3 is 3. The van der Waals surface area contributed by atoms with Gasteiger partial charge in [0.15, 0.2) is 11.5 Å². The number of primary amides is 2. The van der Waals surface area contributed by atoms with Crippen LogP contribution in [0, 0.1) is 0 Å². The molecule has 122 valence electrons. The lowest BCUT2D eigenvalue weighted by molar-refractivity contribution is -0.120. The van der Waals surface area contributed by atoms with Crippen molar-refractivity contribution in [2.45, 2.75) is 12.5 Å². The Labute approximate surface area is 128 Å².